The molecule has 0 saturated carbocycles. The summed E-state index contributed by atoms with van der Waals surface area (Å²) in [6.45, 7) is 2.56. The van der Waals surface area contributed by atoms with Gasteiger partial charge in [0, 0.05) is 55.7 Å². The van der Waals surface area contributed by atoms with E-state index in [9.17, 15) is 4.79 Å². The largest absolute Gasteiger partial charge is 0.459 e. The molecule has 1 saturated heterocycles. The number of hydrogen-bond donors (Lipinski definition) is 0. The standard InChI is InChI=1S/C24H20N6O2/c31-24(20-7-3-15-32-20)29-13-11-28(12-14-29)22-23-27-16-19(30(23)10-9-26-22)18-6-1-4-17-5-2-8-25-21(17)18/h1-10,15-16H,11-14H2. The predicted molar refractivity (Wildman–Crippen MR) is 121 cm³/mol. The van der Waals surface area contributed by atoms with Crippen molar-refractivity contribution < 1.29 is 9.21 Å². The Morgan fingerprint density at radius 3 is 2.62 bits per heavy atom. The van der Waals surface area contributed by atoms with Gasteiger partial charge < -0.3 is 14.2 Å². The molecule has 8 heteroatoms. The molecule has 0 atom stereocenters. The third-order valence-corrected chi connectivity index (χ3v) is 5.92. The number of anilines is 1. The summed E-state index contributed by atoms with van der Waals surface area (Å²) in [6, 6.07) is 13.6. The molecule has 32 heavy (non-hydrogen) atoms. The lowest BCUT2D eigenvalue weighted by atomic mass is 10.1. The molecule has 158 valence electrons. The van der Waals surface area contributed by atoms with E-state index < -0.39 is 0 Å². The highest BCUT2D eigenvalue weighted by Gasteiger charge is 2.26. The highest BCUT2D eigenvalue weighted by molar-refractivity contribution is 5.93. The summed E-state index contributed by atoms with van der Waals surface area (Å²) in [7, 11) is 0. The maximum atomic E-state index is 12.6. The van der Waals surface area contributed by atoms with Crippen molar-refractivity contribution in [3.8, 4) is 11.3 Å². The summed E-state index contributed by atoms with van der Waals surface area (Å²) in [5.41, 5.74) is 3.74. The Bertz CT molecular complexity index is 1410. The number of furan rings is 1. The van der Waals surface area contributed by atoms with Crippen LogP contribution in [0, 0.1) is 0 Å². The van der Waals surface area contributed by atoms with Crippen LogP contribution in [0.25, 0.3) is 27.8 Å². The first-order chi connectivity index (χ1) is 15.8. The third kappa shape index (κ3) is 2.99. The molecular weight excluding hydrogens is 404 g/mol. The van der Waals surface area contributed by atoms with Gasteiger partial charge in [-0.05, 0) is 18.2 Å². The van der Waals surface area contributed by atoms with Crippen molar-refractivity contribution in [1.82, 2.24) is 24.3 Å². The van der Waals surface area contributed by atoms with Gasteiger partial charge in [0.25, 0.3) is 5.91 Å². The van der Waals surface area contributed by atoms with E-state index in [4.69, 9.17) is 9.40 Å². The van der Waals surface area contributed by atoms with Crippen molar-refractivity contribution in [3.05, 3.63) is 79.3 Å². The number of carbonyl (C=O) groups is 1. The highest BCUT2D eigenvalue weighted by Crippen LogP contribution is 2.30. The molecule has 0 unspecified atom stereocenters. The molecule has 1 aliphatic rings. The van der Waals surface area contributed by atoms with Gasteiger partial charge in [-0.15, -0.1) is 0 Å². The molecule has 0 bridgehead atoms. The first-order valence-electron chi connectivity index (χ1n) is 10.5. The van der Waals surface area contributed by atoms with Gasteiger partial charge in [0.05, 0.1) is 23.7 Å². The van der Waals surface area contributed by atoms with Crippen molar-refractivity contribution in [2.45, 2.75) is 0 Å². The topological polar surface area (TPSA) is 79.8 Å². The average Bonchev–Trinajstić information content (AvgIpc) is 3.54. The summed E-state index contributed by atoms with van der Waals surface area (Å²) in [6.07, 6.45) is 8.94. The number of fused-ring (bicyclic) bond motifs is 2. The lowest BCUT2D eigenvalue weighted by Gasteiger charge is -2.35. The van der Waals surface area contributed by atoms with Crippen LogP contribution in [0.5, 0.6) is 0 Å². The fourth-order valence-electron chi connectivity index (χ4n) is 4.32. The van der Waals surface area contributed by atoms with Gasteiger partial charge >= 0.3 is 0 Å². The molecule has 5 aromatic rings. The van der Waals surface area contributed by atoms with Crippen LogP contribution in [0.1, 0.15) is 10.6 Å². The van der Waals surface area contributed by atoms with E-state index in [1.165, 1.54) is 6.26 Å². The van der Waals surface area contributed by atoms with Gasteiger partial charge in [-0.1, -0.05) is 24.3 Å². The number of benzene rings is 1. The smallest absolute Gasteiger partial charge is 0.289 e. The van der Waals surface area contributed by atoms with E-state index in [-0.39, 0.29) is 5.91 Å². The highest BCUT2D eigenvalue weighted by atomic mass is 16.3. The summed E-state index contributed by atoms with van der Waals surface area (Å²) in [5.74, 6) is 1.12. The van der Waals surface area contributed by atoms with Crippen LogP contribution in [0.15, 0.2) is 77.9 Å². The Balaban J connectivity index is 1.31. The first-order valence-corrected chi connectivity index (χ1v) is 10.5. The Labute approximate surface area is 183 Å². The number of para-hydroxylation sites is 1. The molecular formula is C24H20N6O2. The molecule has 8 nitrogen and oxygen atoms in total. The van der Waals surface area contributed by atoms with E-state index in [0.717, 1.165) is 33.6 Å². The van der Waals surface area contributed by atoms with Gasteiger partial charge in [-0.3, -0.25) is 14.2 Å². The lowest BCUT2D eigenvalue weighted by Crippen LogP contribution is -2.49. The van der Waals surface area contributed by atoms with Crippen LogP contribution in [-0.2, 0) is 0 Å². The number of aromatic nitrogens is 4. The van der Waals surface area contributed by atoms with Gasteiger partial charge in [0.1, 0.15) is 0 Å². The number of nitrogens with zero attached hydrogens (tertiary/aromatic N) is 6. The number of rotatable bonds is 3. The minimum Gasteiger partial charge on any atom is -0.459 e. The van der Waals surface area contributed by atoms with Crippen molar-refractivity contribution in [2.75, 3.05) is 31.1 Å². The molecule has 1 aromatic carbocycles. The SMILES string of the molecule is O=C(c1ccco1)N1CCN(c2nccn3c(-c4cccc5cccnc45)cnc23)CC1. The minimum atomic E-state index is -0.0765. The summed E-state index contributed by atoms with van der Waals surface area (Å²) < 4.78 is 7.32. The number of amides is 1. The molecule has 0 aliphatic carbocycles. The van der Waals surface area contributed by atoms with E-state index in [1.54, 1.807) is 18.3 Å². The number of imidazole rings is 1. The second-order valence-electron chi connectivity index (χ2n) is 7.73. The summed E-state index contributed by atoms with van der Waals surface area (Å²) in [4.78, 5) is 30.5. The van der Waals surface area contributed by atoms with Crippen LogP contribution >= 0.6 is 0 Å². The van der Waals surface area contributed by atoms with Crippen molar-refractivity contribution >= 4 is 28.3 Å². The molecule has 0 spiro atoms. The number of piperazine rings is 1. The molecule has 5 heterocycles. The van der Waals surface area contributed by atoms with Crippen molar-refractivity contribution in [2.24, 2.45) is 0 Å². The van der Waals surface area contributed by atoms with Crippen LogP contribution < -0.4 is 4.90 Å². The number of pyridine rings is 1. The van der Waals surface area contributed by atoms with E-state index in [1.807, 2.05) is 35.6 Å². The van der Waals surface area contributed by atoms with E-state index in [2.05, 4.69) is 37.5 Å². The monoisotopic (exact) mass is 424 g/mol. The maximum Gasteiger partial charge on any atom is 0.289 e. The fourth-order valence-corrected chi connectivity index (χ4v) is 4.32. The second-order valence-corrected chi connectivity index (χ2v) is 7.73. The third-order valence-electron chi connectivity index (χ3n) is 5.92. The zero-order valence-electron chi connectivity index (χ0n) is 17.3. The van der Waals surface area contributed by atoms with Crippen molar-refractivity contribution in [1.29, 1.82) is 0 Å². The normalized spacial score (nSPS) is 14.4. The predicted octanol–water partition coefficient (Wildman–Crippen LogP) is 3.50. The summed E-state index contributed by atoms with van der Waals surface area (Å²) in [5, 5.41) is 1.09. The molecule has 1 fully saturated rings. The second kappa shape index (κ2) is 7.49. The van der Waals surface area contributed by atoms with Gasteiger partial charge in [0.15, 0.2) is 17.2 Å². The quantitative estimate of drug-likeness (QED) is 0.441. The molecule has 1 amide bonds. The van der Waals surface area contributed by atoms with E-state index >= 15 is 0 Å². The van der Waals surface area contributed by atoms with Gasteiger partial charge in [0.2, 0.25) is 0 Å². The summed E-state index contributed by atoms with van der Waals surface area (Å²) >= 11 is 0. The van der Waals surface area contributed by atoms with Crippen molar-refractivity contribution in [3.63, 3.8) is 0 Å². The average molecular weight is 424 g/mol. The van der Waals surface area contributed by atoms with Gasteiger partial charge in [-0.2, -0.15) is 0 Å². The van der Waals surface area contributed by atoms with Gasteiger partial charge in [-0.25, -0.2) is 9.97 Å². The zero-order chi connectivity index (χ0) is 21.5. The molecule has 0 radical (unpaired) electrons. The van der Waals surface area contributed by atoms with E-state index in [0.29, 0.717) is 31.9 Å². The molecule has 0 N–H and O–H groups in total. The molecule has 1 aliphatic heterocycles. The maximum absolute atomic E-state index is 12.6. The Hall–Kier alpha value is -4.20. The fraction of sp³-hybridized carbons (Fsp3) is 0.167. The Morgan fingerprint density at radius 1 is 0.906 bits per heavy atom. The Kier molecular flexibility index (Phi) is 4.34. The van der Waals surface area contributed by atoms with Crippen LogP contribution in [-0.4, -0.2) is 56.3 Å². The minimum absolute atomic E-state index is 0.0765. The van der Waals surface area contributed by atoms with Crippen LogP contribution in [0.4, 0.5) is 5.82 Å². The van der Waals surface area contributed by atoms with Crippen LogP contribution in [0.3, 0.4) is 0 Å². The molecule has 4 aromatic heterocycles. The lowest BCUT2D eigenvalue weighted by molar-refractivity contribution is 0.0714. The number of carbonyl (C=O) groups excluding carboxylic acids is 1. The van der Waals surface area contributed by atoms with Crippen LogP contribution in [0.2, 0.25) is 0 Å². The number of hydrogen-bond acceptors (Lipinski definition) is 6. The Morgan fingerprint density at radius 2 is 1.78 bits per heavy atom. The molecule has 6 rings (SSSR count). The first kappa shape index (κ1) is 18.6. The zero-order valence-corrected chi connectivity index (χ0v) is 17.3.